The number of nitrogens with zero attached hydrogens (tertiary/aromatic N) is 1. The van der Waals surface area contributed by atoms with Gasteiger partial charge in [0, 0.05) is 12.8 Å². The van der Waals surface area contributed by atoms with Gasteiger partial charge in [0.1, 0.15) is 0 Å². The average molecular weight is 239 g/mol. The molecule has 0 atom stereocenters. The number of hydroxylamine groups is 2. The Hall–Kier alpha value is -0.990. The zero-order chi connectivity index (χ0) is 11.8. The number of carbonyl (C=O) groups excluding carboxylic acids is 2. The fourth-order valence-electron chi connectivity index (χ4n) is 0.731. The van der Waals surface area contributed by atoms with Crippen LogP contribution in [0.5, 0.6) is 0 Å². The monoisotopic (exact) mass is 239 g/mol. The number of thiol groups is 1. The maximum absolute atomic E-state index is 10.2. The quantitative estimate of drug-likeness (QED) is 0.390. The highest BCUT2D eigenvalue weighted by Gasteiger charge is 2.26. The zero-order valence-corrected chi connectivity index (χ0v) is 9.11. The minimum absolute atomic E-state index is 0.148. The summed E-state index contributed by atoms with van der Waals surface area (Å²) in [5.41, 5.74) is 0. The van der Waals surface area contributed by atoms with Crippen LogP contribution in [0, 0.1) is 0 Å². The molecule has 1 aliphatic heterocycles. The van der Waals surface area contributed by atoms with Gasteiger partial charge in [-0.05, 0) is 6.42 Å². The molecule has 0 aromatic heterocycles. The summed E-state index contributed by atoms with van der Waals surface area (Å²) in [6.07, 6.45) is 1.04. The molecule has 0 radical (unpaired) electrons. The van der Waals surface area contributed by atoms with Gasteiger partial charge in [-0.2, -0.15) is 5.06 Å². The van der Waals surface area contributed by atoms with Crippen molar-refractivity contribution >= 4 is 22.8 Å². The summed E-state index contributed by atoms with van der Waals surface area (Å²) in [6, 6.07) is 0. The van der Waals surface area contributed by atoms with E-state index < -0.39 is 22.8 Å². The van der Waals surface area contributed by atoms with Crippen molar-refractivity contribution in [3.8, 4) is 0 Å². The van der Waals surface area contributed by atoms with Crippen molar-refractivity contribution < 1.29 is 27.4 Å². The van der Waals surface area contributed by atoms with E-state index in [0.717, 1.165) is 6.42 Å². The third-order valence-corrected chi connectivity index (χ3v) is 1.82. The van der Waals surface area contributed by atoms with E-state index in [2.05, 4.69) is 4.18 Å². The molecule has 1 saturated heterocycles. The summed E-state index contributed by atoms with van der Waals surface area (Å²) >= 11 is 0. The minimum Gasteiger partial charge on any atom is -0.279 e. The van der Waals surface area contributed by atoms with Crippen molar-refractivity contribution in [2.45, 2.75) is 26.2 Å². The summed E-state index contributed by atoms with van der Waals surface area (Å²) < 4.78 is 23.3. The van der Waals surface area contributed by atoms with Crippen LogP contribution in [0.25, 0.3) is 0 Å². The van der Waals surface area contributed by atoms with E-state index in [1.807, 2.05) is 6.92 Å². The molecule has 0 saturated carbocycles. The van der Waals surface area contributed by atoms with Crippen molar-refractivity contribution in [3.05, 3.63) is 0 Å². The lowest BCUT2D eigenvalue weighted by molar-refractivity contribution is -0.171. The summed E-state index contributed by atoms with van der Waals surface area (Å²) in [7, 11) is -2.61. The molecular weight excluding hydrogens is 226 g/mol. The Kier molecular flexibility index (Phi) is 6.84. The molecule has 15 heavy (non-hydrogen) atoms. The van der Waals surface area contributed by atoms with Gasteiger partial charge in [-0.3, -0.25) is 19.0 Å². The van der Waals surface area contributed by atoms with E-state index in [1.54, 1.807) is 0 Å². The normalized spacial score (nSPS) is 15.5. The molecule has 0 spiro atoms. The average Bonchev–Trinajstić information content (AvgIpc) is 2.47. The minimum atomic E-state index is -2.61. The van der Waals surface area contributed by atoms with E-state index in [-0.39, 0.29) is 17.9 Å². The van der Waals surface area contributed by atoms with Gasteiger partial charge >= 0.3 is 0 Å². The highest BCUT2D eigenvalue weighted by atomic mass is 32.2. The largest absolute Gasteiger partial charge is 0.279 e. The number of carbonyl (C=O) groups is 2. The molecule has 1 rings (SSSR count). The van der Waals surface area contributed by atoms with E-state index in [1.165, 1.54) is 0 Å². The summed E-state index contributed by atoms with van der Waals surface area (Å²) in [6.45, 7) is 2.15. The van der Waals surface area contributed by atoms with Gasteiger partial charge < -0.3 is 0 Å². The first-order valence-electron chi connectivity index (χ1n) is 4.31. The van der Waals surface area contributed by atoms with Crippen LogP contribution >= 0.6 is 0 Å². The van der Waals surface area contributed by atoms with Gasteiger partial charge in [-0.15, -0.1) is 0 Å². The number of amides is 2. The topological polar surface area (TPSA) is 101 Å². The molecule has 7 nitrogen and oxygen atoms in total. The Morgan fingerprint density at radius 1 is 1.33 bits per heavy atom. The van der Waals surface area contributed by atoms with E-state index >= 15 is 0 Å². The molecule has 88 valence electrons. The van der Waals surface area contributed by atoms with Crippen LogP contribution in [-0.2, 0) is 24.8 Å². The molecule has 0 aliphatic carbocycles. The standard InChI is InChI=1S/C4H5NO3.C3H8O3S/c6-3-1-2-4(7)5(3)8;1-2-3-6-7(4)5/h8H,1-2H2;7H,2-3H2,1H3. The van der Waals surface area contributed by atoms with Crippen LogP contribution in [0.2, 0.25) is 0 Å². The summed E-state index contributed by atoms with van der Waals surface area (Å²) in [4.78, 5) is 20.5. The number of rotatable bonds is 3. The van der Waals surface area contributed by atoms with Crippen molar-refractivity contribution in [1.82, 2.24) is 5.06 Å². The van der Waals surface area contributed by atoms with Crippen LogP contribution in [0.1, 0.15) is 26.2 Å². The second-order valence-corrected chi connectivity index (χ2v) is 3.36. The predicted molar refractivity (Wildman–Crippen MR) is 49.4 cm³/mol. The molecule has 0 unspecified atom stereocenters. The molecule has 1 heterocycles. The fraction of sp³-hybridized carbons (Fsp3) is 0.714. The third kappa shape index (κ3) is 6.15. The van der Waals surface area contributed by atoms with Gasteiger partial charge in [0.05, 0.1) is 6.61 Å². The Morgan fingerprint density at radius 2 is 1.80 bits per heavy atom. The molecule has 1 fully saturated rings. The second kappa shape index (κ2) is 7.32. The lowest BCUT2D eigenvalue weighted by Crippen LogP contribution is -2.24. The molecule has 8 heteroatoms. The number of hydrogen-bond acceptors (Lipinski definition) is 6. The van der Waals surface area contributed by atoms with Gasteiger partial charge in [0.15, 0.2) is 0 Å². The van der Waals surface area contributed by atoms with Crippen molar-refractivity contribution in [2.75, 3.05) is 6.61 Å². The molecule has 2 amide bonds. The van der Waals surface area contributed by atoms with Crippen LogP contribution < -0.4 is 0 Å². The third-order valence-electron chi connectivity index (χ3n) is 1.43. The first-order valence-corrected chi connectivity index (χ1v) is 5.40. The van der Waals surface area contributed by atoms with Gasteiger partial charge in [0.25, 0.3) is 22.8 Å². The highest BCUT2D eigenvalue weighted by molar-refractivity contribution is 7.67. The van der Waals surface area contributed by atoms with Crippen LogP contribution in [-0.4, -0.2) is 37.1 Å². The van der Waals surface area contributed by atoms with Gasteiger partial charge in [0.2, 0.25) is 0 Å². The van der Waals surface area contributed by atoms with E-state index in [0.29, 0.717) is 6.61 Å². The fourth-order valence-corrected chi connectivity index (χ4v) is 1.06. The maximum Gasteiger partial charge on any atom is 0.257 e. The van der Waals surface area contributed by atoms with Crippen molar-refractivity contribution in [3.63, 3.8) is 0 Å². The molecule has 0 aromatic rings. The molecular formula is C7H13NO6S. The first kappa shape index (κ1) is 14.0. The Balaban J connectivity index is 0.000000265. The second-order valence-electron chi connectivity index (χ2n) is 2.66. The smallest absolute Gasteiger partial charge is 0.257 e. The molecule has 1 aliphatic rings. The van der Waals surface area contributed by atoms with Gasteiger partial charge in [-0.1, -0.05) is 6.92 Å². The van der Waals surface area contributed by atoms with E-state index in [9.17, 15) is 18.0 Å². The Bertz CT molecular complexity index is 276. The summed E-state index contributed by atoms with van der Waals surface area (Å²) in [5, 5.41) is 8.57. The summed E-state index contributed by atoms with van der Waals surface area (Å²) in [5.74, 6) is -1.01. The Morgan fingerprint density at radius 3 is 1.93 bits per heavy atom. The lowest BCUT2D eigenvalue weighted by Gasteiger charge is -1.98. The van der Waals surface area contributed by atoms with Gasteiger partial charge in [-0.25, -0.2) is 8.42 Å². The number of imide groups is 1. The Labute approximate surface area is 88.7 Å². The highest BCUT2D eigenvalue weighted by Crippen LogP contribution is 2.06. The number of hydrogen-bond donors (Lipinski definition) is 2. The maximum atomic E-state index is 10.2. The zero-order valence-electron chi connectivity index (χ0n) is 8.21. The molecule has 1 N–H and O–H groups in total. The van der Waals surface area contributed by atoms with Crippen LogP contribution in [0.15, 0.2) is 0 Å². The SMILES string of the molecule is CCCO[SH](=O)=O.O=C1CCC(=O)N1O. The van der Waals surface area contributed by atoms with E-state index in [4.69, 9.17) is 5.21 Å². The van der Waals surface area contributed by atoms with Crippen molar-refractivity contribution in [1.29, 1.82) is 0 Å². The first-order chi connectivity index (χ1) is 6.99. The lowest BCUT2D eigenvalue weighted by atomic mass is 10.4. The van der Waals surface area contributed by atoms with Crippen LogP contribution in [0.4, 0.5) is 0 Å². The van der Waals surface area contributed by atoms with Crippen LogP contribution in [0.3, 0.4) is 0 Å². The van der Waals surface area contributed by atoms with Crippen molar-refractivity contribution in [2.24, 2.45) is 0 Å². The molecule has 0 aromatic carbocycles. The predicted octanol–water partition coefficient (Wildman–Crippen LogP) is -0.536. The molecule has 0 bridgehead atoms.